The Morgan fingerprint density at radius 2 is 2.14 bits per heavy atom. The average molecular weight is 310 g/mol. The number of carbonyl (C=O) groups excluding carboxylic acids is 1. The van der Waals surface area contributed by atoms with Crippen molar-refractivity contribution < 1.29 is 14.8 Å². The summed E-state index contributed by atoms with van der Waals surface area (Å²) in [6.45, 7) is 0. The van der Waals surface area contributed by atoms with Gasteiger partial charge in [0.05, 0.1) is 4.92 Å². The number of nitro benzene ring substituents is 1. The van der Waals surface area contributed by atoms with Gasteiger partial charge in [0, 0.05) is 17.4 Å². The first kappa shape index (κ1) is 15.6. The molecule has 1 amide bonds. The van der Waals surface area contributed by atoms with E-state index in [1.165, 1.54) is 6.07 Å². The van der Waals surface area contributed by atoms with Crippen LogP contribution < -0.4 is 5.32 Å². The van der Waals surface area contributed by atoms with E-state index in [0.717, 1.165) is 37.8 Å². The van der Waals surface area contributed by atoms with Crippen LogP contribution in [0.15, 0.2) is 18.2 Å². The summed E-state index contributed by atoms with van der Waals surface area (Å²) in [5.74, 6) is -0.653. The van der Waals surface area contributed by atoms with E-state index in [1.54, 1.807) is 11.8 Å². The molecule has 114 valence electrons. The van der Waals surface area contributed by atoms with Crippen LogP contribution >= 0.6 is 11.8 Å². The molecular formula is C14H18N2O4S. The first-order valence-corrected chi connectivity index (χ1v) is 8.12. The third-order valence-electron chi connectivity index (χ3n) is 3.74. The summed E-state index contributed by atoms with van der Waals surface area (Å²) in [5.41, 5.74) is -0.382. The predicted octanol–water partition coefficient (Wildman–Crippen LogP) is 2.70. The molecule has 0 aliphatic heterocycles. The molecule has 1 saturated carbocycles. The molecule has 7 heteroatoms. The Labute approximate surface area is 127 Å². The lowest BCUT2D eigenvalue weighted by molar-refractivity contribution is -0.385. The number of nitrogens with zero attached hydrogens (tertiary/aromatic N) is 1. The molecule has 2 N–H and O–H groups in total. The highest BCUT2D eigenvalue weighted by molar-refractivity contribution is 7.99. The second kappa shape index (κ2) is 6.80. The van der Waals surface area contributed by atoms with Crippen molar-refractivity contribution in [3.63, 3.8) is 0 Å². The number of nitro groups is 1. The quantitative estimate of drug-likeness (QED) is 0.659. The van der Waals surface area contributed by atoms with Crippen LogP contribution in [0.1, 0.15) is 36.0 Å². The number of phenolic OH excluding ortho intramolecular Hbond substituents is 1. The van der Waals surface area contributed by atoms with Crippen molar-refractivity contribution in [2.75, 3.05) is 6.26 Å². The predicted molar refractivity (Wildman–Crippen MR) is 81.8 cm³/mol. The fraction of sp³-hybridized carbons (Fsp3) is 0.500. The van der Waals surface area contributed by atoms with E-state index in [1.807, 2.05) is 6.26 Å². The number of rotatable bonds is 4. The zero-order valence-corrected chi connectivity index (χ0v) is 12.6. The maximum atomic E-state index is 12.3. The van der Waals surface area contributed by atoms with Crippen LogP contribution in [0.2, 0.25) is 0 Å². The van der Waals surface area contributed by atoms with E-state index in [4.69, 9.17) is 0 Å². The fourth-order valence-electron chi connectivity index (χ4n) is 2.66. The highest BCUT2D eigenvalue weighted by Gasteiger charge is 2.28. The lowest BCUT2D eigenvalue weighted by Gasteiger charge is -2.30. The van der Waals surface area contributed by atoms with Crippen molar-refractivity contribution >= 4 is 23.4 Å². The number of hydrogen-bond acceptors (Lipinski definition) is 5. The zero-order valence-electron chi connectivity index (χ0n) is 11.7. The summed E-state index contributed by atoms with van der Waals surface area (Å²) >= 11 is 1.71. The van der Waals surface area contributed by atoms with E-state index in [2.05, 4.69) is 5.32 Å². The lowest BCUT2D eigenvalue weighted by Crippen LogP contribution is -2.43. The monoisotopic (exact) mass is 310 g/mol. The molecule has 1 aromatic carbocycles. The van der Waals surface area contributed by atoms with Crippen molar-refractivity contribution in [2.24, 2.45) is 0 Å². The van der Waals surface area contributed by atoms with Gasteiger partial charge in [0.25, 0.3) is 11.6 Å². The molecule has 0 saturated heterocycles. The summed E-state index contributed by atoms with van der Waals surface area (Å²) in [4.78, 5) is 22.7. The summed E-state index contributed by atoms with van der Waals surface area (Å²) in [6, 6.07) is 3.52. The van der Waals surface area contributed by atoms with Crippen molar-refractivity contribution in [2.45, 2.75) is 37.0 Å². The lowest BCUT2D eigenvalue weighted by atomic mass is 9.94. The molecule has 6 nitrogen and oxygen atoms in total. The van der Waals surface area contributed by atoms with Gasteiger partial charge in [-0.3, -0.25) is 14.9 Å². The number of nitrogens with one attached hydrogen (secondary N) is 1. The molecule has 1 aromatic rings. The Hall–Kier alpha value is -1.76. The summed E-state index contributed by atoms with van der Waals surface area (Å²) in [6.07, 6.45) is 6.11. The normalized spacial score (nSPS) is 21.8. The minimum atomic E-state index is -0.610. The minimum absolute atomic E-state index is 0.0169. The molecule has 2 unspecified atom stereocenters. The van der Waals surface area contributed by atoms with E-state index >= 15 is 0 Å². The maximum Gasteiger partial charge on any atom is 0.282 e. The van der Waals surface area contributed by atoms with Gasteiger partial charge in [0.15, 0.2) is 0 Å². The Morgan fingerprint density at radius 1 is 1.43 bits per heavy atom. The van der Waals surface area contributed by atoms with Gasteiger partial charge in [-0.15, -0.1) is 0 Å². The number of phenols is 1. The average Bonchev–Trinajstić information content (AvgIpc) is 2.47. The Morgan fingerprint density at radius 3 is 2.81 bits per heavy atom. The molecule has 1 aliphatic rings. The molecule has 1 aliphatic carbocycles. The Balaban J connectivity index is 2.19. The van der Waals surface area contributed by atoms with Gasteiger partial charge in [-0.25, -0.2) is 0 Å². The standard InChI is InChI=1S/C14H18N2O4S/c1-21-13-5-3-2-4-11(13)15-14(18)10-8-9(17)6-7-12(10)16(19)20/h6-8,11,13,17H,2-5H2,1H3,(H,15,18). The maximum absolute atomic E-state index is 12.3. The van der Waals surface area contributed by atoms with Gasteiger partial charge in [-0.05, 0) is 31.2 Å². The highest BCUT2D eigenvalue weighted by Crippen LogP contribution is 2.28. The SMILES string of the molecule is CSC1CCCCC1NC(=O)c1cc(O)ccc1[N+](=O)[O-]. The van der Waals surface area contributed by atoms with Gasteiger partial charge in [-0.2, -0.15) is 11.8 Å². The smallest absolute Gasteiger partial charge is 0.282 e. The van der Waals surface area contributed by atoms with Crippen LogP contribution in [0.5, 0.6) is 5.75 Å². The molecule has 0 aromatic heterocycles. The number of carbonyl (C=O) groups is 1. The summed E-state index contributed by atoms with van der Waals surface area (Å²) in [7, 11) is 0. The van der Waals surface area contributed by atoms with Crippen molar-refractivity contribution in [1.82, 2.24) is 5.32 Å². The minimum Gasteiger partial charge on any atom is -0.508 e. The van der Waals surface area contributed by atoms with Crippen LogP contribution in [0.25, 0.3) is 0 Å². The molecule has 0 heterocycles. The van der Waals surface area contributed by atoms with Gasteiger partial charge in [-0.1, -0.05) is 12.8 Å². The third kappa shape index (κ3) is 3.66. The summed E-state index contributed by atoms with van der Waals surface area (Å²) < 4.78 is 0. The number of aromatic hydroxyl groups is 1. The first-order valence-electron chi connectivity index (χ1n) is 6.84. The molecule has 0 radical (unpaired) electrons. The molecule has 1 fully saturated rings. The van der Waals surface area contributed by atoms with E-state index in [0.29, 0.717) is 5.25 Å². The first-order chi connectivity index (χ1) is 10.0. The van der Waals surface area contributed by atoms with E-state index in [-0.39, 0.29) is 23.0 Å². The van der Waals surface area contributed by atoms with Crippen LogP contribution in [0, 0.1) is 10.1 Å². The van der Waals surface area contributed by atoms with Crippen LogP contribution in [-0.2, 0) is 0 Å². The van der Waals surface area contributed by atoms with Crippen molar-refractivity contribution in [3.8, 4) is 5.75 Å². The van der Waals surface area contributed by atoms with Gasteiger partial charge in [0.1, 0.15) is 11.3 Å². The number of amides is 1. The van der Waals surface area contributed by atoms with Crippen LogP contribution in [0.4, 0.5) is 5.69 Å². The molecule has 2 rings (SSSR count). The highest BCUT2D eigenvalue weighted by atomic mass is 32.2. The van der Waals surface area contributed by atoms with Gasteiger partial charge >= 0.3 is 0 Å². The van der Waals surface area contributed by atoms with Gasteiger partial charge < -0.3 is 10.4 Å². The van der Waals surface area contributed by atoms with Gasteiger partial charge in [0.2, 0.25) is 0 Å². The van der Waals surface area contributed by atoms with Crippen LogP contribution in [-0.4, -0.2) is 33.5 Å². The van der Waals surface area contributed by atoms with Crippen molar-refractivity contribution in [3.05, 3.63) is 33.9 Å². The summed E-state index contributed by atoms with van der Waals surface area (Å²) in [5, 5.41) is 23.7. The van der Waals surface area contributed by atoms with E-state index in [9.17, 15) is 20.0 Å². The Bertz CT molecular complexity index is 550. The third-order valence-corrected chi connectivity index (χ3v) is 4.91. The van der Waals surface area contributed by atoms with Crippen molar-refractivity contribution in [1.29, 1.82) is 0 Å². The number of benzene rings is 1. The second-order valence-corrected chi connectivity index (χ2v) is 6.17. The van der Waals surface area contributed by atoms with Crippen LogP contribution in [0.3, 0.4) is 0 Å². The molecule has 0 bridgehead atoms. The topological polar surface area (TPSA) is 92.5 Å². The zero-order chi connectivity index (χ0) is 15.4. The molecule has 2 atom stereocenters. The second-order valence-electron chi connectivity index (χ2n) is 5.10. The number of thioether (sulfide) groups is 1. The molecule has 0 spiro atoms. The Kier molecular flexibility index (Phi) is 5.06. The number of hydrogen-bond donors (Lipinski definition) is 2. The fourth-order valence-corrected chi connectivity index (χ4v) is 3.59. The largest absolute Gasteiger partial charge is 0.508 e. The molecular weight excluding hydrogens is 292 g/mol. The van der Waals surface area contributed by atoms with E-state index < -0.39 is 10.8 Å². The molecule has 21 heavy (non-hydrogen) atoms.